The Kier molecular flexibility index (Phi) is 5.19. The molecule has 0 saturated carbocycles. The number of benzene rings is 3. The molecule has 3 atom stereocenters. The fourth-order valence-corrected chi connectivity index (χ4v) is 4.82. The van der Waals surface area contributed by atoms with E-state index in [-0.39, 0.29) is 5.91 Å². The smallest absolute Gasteiger partial charge is 0.266 e. The Balaban J connectivity index is 1.59. The van der Waals surface area contributed by atoms with Gasteiger partial charge in [-0.3, -0.25) is 14.4 Å². The molecular weight excluding hydrogens is 479 g/mol. The van der Waals surface area contributed by atoms with Gasteiger partial charge in [-0.15, -0.1) is 0 Å². The van der Waals surface area contributed by atoms with E-state index in [4.69, 9.17) is 9.57 Å². The predicted octanol–water partition coefficient (Wildman–Crippen LogP) is 4.65. The summed E-state index contributed by atoms with van der Waals surface area (Å²) in [5, 5.41) is 1.63. The summed E-state index contributed by atoms with van der Waals surface area (Å²) in [5.74, 6) is -1.42. The Morgan fingerprint density at radius 3 is 2.31 bits per heavy atom. The summed E-state index contributed by atoms with van der Waals surface area (Å²) in [6.07, 6.45) is -0.987. The van der Waals surface area contributed by atoms with E-state index >= 15 is 0 Å². The molecule has 3 aromatic rings. The lowest BCUT2D eigenvalue weighted by Gasteiger charge is -2.29. The van der Waals surface area contributed by atoms with E-state index in [1.54, 1.807) is 18.2 Å². The Bertz CT molecular complexity index is 1190. The number of ether oxygens (including phenoxy) is 1. The van der Waals surface area contributed by atoms with Crippen molar-refractivity contribution in [3.8, 4) is 5.75 Å². The second-order valence-electron chi connectivity index (χ2n) is 7.54. The maximum absolute atomic E-state index is 13.5. The largest absolute Gasteiger partial charge is 0.496 e. The van der Waals surface area contributed by atoms with Crippen molar-refractivity contribution in [2.24, 2.45) is 5.92 Å². The first-order valence-corrected chi connectivity index (χ1v) is 10.8. The Morgan fingerprint density at radius 2 is 1.66 bits per heavy atom. The number of hydroxylamine groups is 1. The molecule has 0 spiro atoms. The topological polar surface area (TPSA) is 59.1 Å². The van der Waals surface area contributed by atoms with Crippen LogP contribution in [0, 0.1) is 11.7 Å². The molecule has 2 amide bonds. The first-order valence-electron chi connectivity index (χ1n) is 9.97. The zero-order valence-corrected chi connectivity index (χ0v) is 18.5. The van der Waals surface area contributed by atoms with E-state index in [0.717, 1.165) is 20.6 Å². The van der Waals surface area contributed by atoms with Crippen molar-refractivity contribution in [1.82, 2.24) is 0 Å². The summed E-state index contributed by atoms with van der Waals surface area (Å²) in [6.45, 7) is 0. The second-order valence-corrected chi connectivity index (χ2v) is 8.39. The SMILES string of the molecule is COc1ccc([C@@H]2[C@H]3C(=O)N(c4ccc(F)cc4)C(=O)[C@H]3ON2c2ccccc2)cc1Br. The quantitative estimate of drug-likeness (QED) is 0.492. The summed E-state index contributed by atoms with van der Waals surface area (Å²) in [6, 6.07) is 19.6. The highest BCUT2D eigenvalue weighted by Gasteiger charge is 2.60. The molecule has 2 heterocycles. The molecular formula is C24H18BrFN2O4. The third kappa shape index (κ3) is 3.27. The van der Waals surface area contributed by atoms with Gasteiger partial charge in [-0.25, -0.2) is 14.4 Å². The van der Waals surface area contributed by atoms with Crippen LogP contribution in [-0.2, 0) is 14.4 Å². The van der Waals surface area contributed by atoms with Crippen LogP contribution in [0.1, 0.15) is 11.6 Å². The van der Waals surface area contributed by atoms with E-state index in [9.17, 15) is 14.0 Å². The van der Waals surface area contributed by atoms with Gasteiger partial charge < -0.3 is 4.74 Å². The van der Waals surface area contributed by atoms with Crippen LogP contribution < -0.4 is 14.7 Å². The van der Waals surface area contributed by atoms with Gasteiger partial charge in [0.1, 0.15) is 17.5 Å². The van der Waals surface area contributed by atoms with Crippen LogP contribution in [0.4, 0.5) is 15.8 Å². The van der Waals surface area contributed by atoms with Gasteiger partial charge in [0.15, 0.2) is 6.10 Å². The number of nitrogens with zero attached hydrogens (tertiary/aromatic N) is 2. The molecule has 2 saturated heterocycles. The van der Waals surface area contributed by atoms with Gasteiger partial charge in [-0.05, 0) is 70.0 Å². The highest BCUT2D eigenvalue weighted by Crippen LogP contribution is 2.48. The zero-order chi connectivity index (χ0) is 22.4. The van der Waals surface area contributed by atoms with Crippen LogP contribution in [0.2, 0.25) is 0 Å². The fourth-order valence-electron chi connectivity index (χ4n) is 4.26. The minimum atomic E-state index is -0.987. The molecule has 0 N–H and O–H groups in total. The number of halogens is 2. The lowest BCUT2D eigenvalue weighted by atomic mass is 9.90. The molecule has 32 heavy (non-hydrogen) atoms. The minimum Gasteiger partial charge on any atom is -0.496 e. The molecule has 0 bridgehead atoms. The first kappa shape index (κ1) is 20.7. The number of imide groups is 1. The van der Waals surface area contributed by atoms with E-state index in [0.29, 0.717) is 11.4 Å². The monoisotopic (exact) mass is 496 g/mol. The molecule has 2 aliphatic heterocycles. The number of fused-ring (bicyclic) bond motifs is 1. The molecule has 162 valence electrons. The summed E-state index contributed by atoms with van der Waals surface area (Å²) in [4.78, 5) is 33.9. The Morgan fingerprint density at radius 1 is 0.938 bits per heavy atom. The van der Waals surface area contributed by atoms with E-state index < -0.39 is 29.8 Å². The minimum absolute atomic E-state index is 0.320. The van der Waals surface area contributed by atoms with Gasteiger partial charge in [0, 0.05) is 0 Å². The second kappa shape index (κ2) is 8.03. The number of methoxy groups -OCH3 is 1. The molecule has 0 aliphatic carbocycles. The number of hydrogen-bond donors (Lipinski definition) is 0. The summed E-state index contributed by atoms with van der Waals surface area (Å²) in [7, 11) is 1.57. The number of anilines is 2. The van der Waals surface area contributed by atoms with Crippen molar-refractivity contribution in [2.45, 2.75) is 12.1 Å². The molecule has 0 radical (unpaired) electrons. The van der Waals surface area contributed by atoms with E-state index in [1.165, 1.54) is 24.3 Å². The molecule has 2 fully saturated rings. The van der Waals surface area contributed by atoms with Crippen LogP contribution in [0.15, 0.2) is 77.3 Å². The average Bonchev–Trinajstić information content (AvgIpc) is 3.31. The molecule has 5 rings (SSSR count). The molecule has 6 nitrogen and oxygen atoms in total. The lowest BCUT2D eigenvalue weighted by molar-refractivity contribution is -0.126. The number of para-hydroxylation sites is 1. The predicted molar refractivity (Wildman–Crippen MR) is 120 cm³/mol. The molecule has 8 heteroatoms. The molecule has 2 aliphatic rings. The van der Waals surface area contributed by atoms with Crippen molar-refractivity contribution in [3.05, 3.63) is 88.6 Å². The number of rotatable bonds is 4. The van der Waals surface area contributed by atoms with E-state index in [2.05, 4.69) is 15.9 Å². The van der Waals surface area contributed by atoms with Crippen molar-refractivity contribution < 1.29 is 23.6 Å². The average molecular weight is 497 g/mol. The summed E-state index contributed by atoms with van der Waals surface area (Å²) in [5.41, 5.74) is 1.84. The van der Waals surface area contributed by atoms with E-state index in [1.807, 2.05) is 42.5 Å². The van der Waals surface area contributed by atoms with Gasteiger partial charge in [0.25, 0.3) is 5.91 Å². The highest BCUT2D eigenvalue weighted by molar-refractivity contribution is 9.10. The van der Waals surface area contributed by atoms with Crippen molar-refractivity contribution in [2.75, 3.05) is 17.1 Å². The first-order chi connectivity index (χ1) is 15.5. The van der Waals surface area contributed by atoms with Gasteiger partial charge in [0.2, 0.25) is 5.91 Å². The third-order valence-electron chi connectivity index (χ3n) is 5.73. The van der Waals surface area contributed by atoms with Gasteiger partial charge in [-0.1, -0.05) is 24.3 Å². The standard InChI is InChI=1S/C24H18BrFN2O4/c1-31-19-12-7-14(13-18(19)25)21-20-22(32-28(21)17-5-3-2-4-6-17)24(30)27(23(20)29)16-10-8-15(26)9-11-16/h2-13,20-22H,1H3/t20-,21-,22+/m1/s1. The summed E-state index contributed by atoms with van der Waals surface area (Å²) >= 11 is 3.50. The number of hydrogen-bond acceptors (Lipinski definition) is 5. The highest BCUT2D eigenvalue weighted by atomic mass is 79.9. The van der Waals surface area contributed by atoms with Gasteiger partial charge in [0.05, 0.1) is 29.0 Å². The summed E-state index contributed by atoms with van der Waals surface area (Å²) < 4.78 is 19.4. The maximum atomic E-state index is 13.5. The molecule has 0 aromatic heterocycles. The van der Waals surface area contributed by atoms with Crippen molar-refractivity contribution >= 4 is 39.1 Å². The maximum Gasteiger partial charge on any atom is 0.266 e. The molecule has 0 unspecified atom stereocenters. The van der Waals surface area contributed by atoms with Crippen LogP contribution in [0.5, 0.6) is 5.75 Å². The number of carbonyl (C=O) groups excluding carboxylic acids is 2. The molecule has 3 aromatic carbocycles. The Labute approximate surface area is 192 Å². The van der Waals surface area contributed by atoms with Crippen molar-refractivity contribution in [1.29, 1.82) is 0 Å². The van der Waals surface area contributed by atoms with Crippen LogP contribution in [0.3, 0.4) is 0 Å². The number of carbonyl (C=O) groups is 2. The third-order valence-corrected chi connectivity index (χ3v) is 6.35. The van der Waals surface area contributed by atoms with Crippen LogP contribution in [-0.4, -0.2) is 25.0 Å². The number of amides is 2. The van der Waals surface area contributed by atoms with Gasteiger partial charge in [-0.2, -0.15) is 0 Å². The lowest BCUT2D eigenvalue weighted by Crippen LogP contribution is -2.37. The van der Waals surface area contributed by atoms with Crippen molar-refractivity contribution in [3.63, 3.8) is 0 Å². The zero-order valence-electron chi connectivity index (χ0n) is 16.9. The van der Waals surface area contributed by atoms with Crippen LogP contribution >= 0.6 is 15.9 Å². The van der Waals surface area contributed by atoms with Gasteiger partial charge >= 0.3 is 0 Å². The van der Waals surface area contributed by atoms with Crippen LogP contribution in [0.25, 0.3) is 0 Å². The normalized spacial score (nSPS) is 22.4. The fraction of sp³-hybridized carbons (Fsp3) is 0.167. The Hall–Kier alpha value is -3.23.